The largest absolute Gasteiger partial charge is 0.294 e. The van der Waals surface area contributed by atoms with Gasteiger partial charge < -0.3 is 0 Å². The zero-order valence-electron chi connectivity index (χ0n) is 28.5. The first-order valence-electron chi connectivity index (χ1n) is 17.2. The van der Waals surface area contributed by atoms with Crippen molar-refractivity contribution in [3.63, 3.8) is 0 Å². The second-order valence-electron chi connectivity index (χ2n) is 14.0. The molecule has 3 aromatic heterocycles. The van der Waals surface area contributed by atoms with Gasteiger partial charge >= 0.3 is 0 Å². The Morgan fingerprint density at radius 2 is 1.14 bits per heavy atom. The molecule has 0 amide bonds. The number of rotatable bonds is 5. The lowest BCUT2D eigenvalue weighted by Crippen LogP contribution is -2.31. The van der Waals surface area contributed by atoms with E-state index in [2.05, 4.69) is 192 Å². The summed E-state index contributed by atoms with van der Waals surface area (Å²) in [7, 11) is 0. The number of para-hydroxylation sites is 4. The van der Waals surface area contributed by atoms with Crippen molar-refractivity contribution in [3.8, 4) is 39.3 Å². The molecular weight excluding hydrogens is 609 g/mol. The van der Waals surface area contributed by atoms with Crippen LogP contribution in [0.1, 0.15) is 26.3 Å². The molecule has 9 aromatic rings. The number of hydrogen-bond acceptors (Lipinski definition) is 1. The van der Waals surface area contributed by atoms with Gasteiger partial charge in [0.2, 0.25) is 0 Å². The van der Waals surface area contributed by atoms with Crippen molar-refractivity contribution in [1.82, 2.24) is 14.1 Å². The first-order valence-corrected chi connectivity index (χ1v) is 17.2. The van der Waals surface area contributed by atoms with Crippen LogP contribution in [0.15, 0.2) is 170 Å². The van der Waals surface area contributed by atoms with Gasteiger partial charge in [-0.05, 0) is 64.6 Å². The number of pyridine rings is 1. The fourth-order valence-electron chi connectivity index (χ4n) is 7.35. The molecule has 4 nitrogen and oxygen atoms in total. The van der Waals surface area contributed by atoms with Crippen molar-refractivity contribution in [2.45, 2.75) is 26.2 Å². The summed E-state index contributed by atoms with van der Waals surface area (Å²) in [5.74, 6) is 0. The van der Waals surface area contributed by atoms with Crippen LogP contribution < -0.4 is 4.57 Å². The van der Waals surface area contributed by atoms with Crippen LogP contribution in [-0.2, 0) is 5.41 Å². The third-order valence-corrected chi connectivity index (χ3v) is 9.82. The molecule has 0 aliphatic heterocycles. The molecule has 0 aliphatic rings. The number of nitrogens with zero attached hydrogens (tertiary/aromatic N) is 4. The number of imidazole rings is 1. The van der Waals surface area contributed by atoms with Gasteiger partial charge in [-0.25, -0.2) is 4.98 Å². The fourth-order valence-corrected chi connectivity index (χ4v) is 7.35. The van der Waals surface area contributed by atoms with Gasteiger partial charge in [0.1, 0.15) is 17.0 Å². The first kappa shape index (κ1) is 29.8. The van der Waals surface area contributed by atoms with Crippen molar-refractivity contribution in [2.24, 2.45) is 0 Å². The third-order valence-electron chi connectivity index (χ3n) is 9.82. The maximum absolute atomic E-state index is 4.91. The predicted octanol–water partition coefficient (Wildman–Crippen LogP) is 11.0. The van der Waals surface area contributed by atoms with Gasteiger partial charge in [0, 0.05) is 34.2 Å². The van der Waals surface area contributed by atoms with Crippen LogP contribution in [0.2, 0.25) is 0 Å². The minimum Gasteiger partial charge on any atom is -0.294 e. The summed E-state index contributed by atoms with van der Waals surface area (Å²) in [5.41, 5.74) is 13.6. The van der Waals surface area contributed by atoms with Crippen molar-refractivity contribution in [2.75, 3.05) is 0 Å². The second-order valence-corrected chi connectivity index (χ2v) is 14.0. The van der Waals surface area contributed by atoms with Crippen LogP contribution in [0.3, 0.4) is 0 Å². The minimum atomic E-state index is -0.0870. The molecule has 4 heteroatoms. The zero-order valence-corrected chi connectivity index (χ0v) is 28.5. The zero-order chi connectivity index (χ0) is 33.8. The van der Waals surface area contributed by atoms with Crippen LogP contribution in [0, 0.1) is 0 Å². The summed E-state index contributed by atoms with van der Waals surface area (Å²) in [6.07, 6.45) is 4.16. The van der Waals surface area contributed by atoms with Crippen LogP contribution in [0.25, 0.3) is 72.3 Å². The highest BCUT2D eigenvalue weighted by atomic mass is 15.1. The van der Waals surface area contributed by atoms with Crippen LogP contribution in [0.4, 0.5) is 0 Å². The van der Waals surface area contributed by atoms with Crippen molar-refractivity contribution < 1.29 is 4.57 Å². The van der Waals surface area contributed by atoms with E-state index < -0.39 is 0 Å². The summed E-state index contributed by atoms with van der Waals surface area (Å²) < 4.78 is 7.05. The lowest BCUT2D eigenvalue weighted by atomic mass is 9.86. The molecule has 0 aliphatic carbocycles. The molecule has 0 N–H and O–H groups in total. The maximum atomic E-state index is 4.91. The smallest absolute Gasteiger partial charge is 0.255 e. The average molecular weight is 646 g/mol. The molecule has 0 bridgehead atoms. The normalized spacial score (nSPS) is 11.9. The van der Waals surface area contributed by atoms with E-state index in [-0.39, 0.29) is 5.41 Å². The molecule has 0 radical (unpaired) electrons. The topological polar surface area (TPSA) is 26.6 Å². The van der Waals surface area contributed by atoms with E-state index in [0.29, 0.717) is 0 Å². The first-order chi connectivity index (χ1) is 24.5. The molecule has 3 heterocycles. The van der Waals surface area contributed by atoms with Crippen molar-refractivity contribution >= 4 is 33.0 Å². The Kier molecular flexibility index (Phi) is 6.99. The van der Waals surface area contributed by atoms with E-state index in [1.165, 1.54) is 33.2 Å². The average Bonchev–Trinajstić information content (AvgIpc) is 3.71. The summed E-state index contributed by atoms with van der Waals surface area (Å²) >= 11 is 0. The summed E-state index contributed by atoms with van der Waals surface area (Å²) in [6, 6.07) is 56.6. The second kappa shape index (κ2) is 11.7. The number of benzene rings is 6. The van der Waals surface area contributed by atoms with Crippen LogP contribution in [0.5, 0.6) is 0 Å². The Labute approximate surface area is 292 Å². The molecule has 0 spiro atoms. The van der Waals surface area contributed by atoms with Gasteiger partial charge in [-0.2, -0.15) is 9.13 Å². The van der Waals surface area contributed by atoms with E-state index in [1.807, 2.05) is 12.3 Å². The molecule has 0 saturated heterocycles. The molecular formula is C46H37N4+. The monoisotopic (exact) mass is 645 g/mol. The van der Waals surface area contributed by atoms with Crippen molar-refractivity contribution in [1.29, 1.82) is 0 Å². The SMILES string of the molecule is CC(C)(C)c1cc(-n2c[n+](-c3c(-c4ccccc4)cccc3-c3ccccc3)c3ccccc32)cc(-n2c3ccccc3c3cccnc32)c1. The minimum absolute atomic E-state index is 0.0870. The predicted molar refractivity (Wildman–Crippen MR) is 207 cm³/mol. The van der Waals surface area contributed by atoms with E-state index in [9.17, 15) is 0 Å². The third kappa shape index (κ3) is 4.91. The Morgan fingerprint density at radius 3 is 1.84 bits per heavy atom. The Morgan fingerprint density at radius 1 is 0.540 bits per heavy atom. The van der Waals surface area contributed by atoms with Crippen LogP contribution in [-0.4, -0.2) is 14.1 Å². The Bertz CT molecular complexity index is 2560. The summed E-state index contributed by atoms with van der Waals surface area (Å²) in [6.45, 7) is 6.86. The maximum Gasteiger partial charge on any atom is 0.255 e. The van der Waals surface area contributed by atoms with Gasteiger partial charge in [0.15, 0.2) is 11.0 Å². The highest BCUT2D eigenvalue weighted by Crippen LogP contribution is 2.37. The van der Waals surface area contributed by atoms with Gasteiger partial charge in [0.05, 0.1) is 11.2 Å². The highest BCUT2D eigenvalue weighted by Gasteiger charge is 2.27. The van der Waals surface area contributed by atoms with E-state index in [1.54, 1.807) is 0 Å². The molecule has 0 saturated carbocycles. The van der Waals surface area contributed by atoms with E-state index in [4.69, 9.17) is 4.98 Å². The number of aromatic nitrogens is 4. The van der Waals surface area contributed by atoms with Gasteiger partial charge in [0.25, 0.3) is 6.33 Å². The Balaban J connectivity index is 1.35. The molecule has 6 aromatic carbocycles. The van der Waals surface area contributed by atoms with Crippen LogP contribution >= 0.6 is 0 Å². The summed E-state index contributed by atoms with van der Waals surface area (Å²) in [4.78, 5) is 4.91. The highest BCUT2D eigenvalue weighted by molar-refractivity contribution is 6.07. The van der Waals surface area contributed by atoms with Gasteiger partial charge in [-0.3, -0.25) is 4.57 Å². The van der Waals surface area contributed by atoms with Crippen molar-refractivity contribution in [3.05, 3.63) is 176 Å². The number of fused-ring (bicyclic) bond motifs is 4. The lowest BCUT2D eigenvalue weighted by Gasteiger charge is -2.21. The molecule has 9 rings (SSSR count). The molecule has 0 fully saturated rings. The molecule has 0 unspecified atom stereocenters. The lowest BCUT2D eigenvalue weighted by molar-refractivity contribution is -0.566. The Hall–Kier alpha value is -6.26. The van der Waals surface area contributed by atoms with E-state index in [0.717, 1.165) is 44.6 Å². The standard InChI is InChI=1S/C46H37N4/c1-46(2,3)34-28-35(30-36(29-34)50-41-24-11-10-20-39(41)40-23-15-27-47-45(40)50)48-31-49(43-26-13-12-25-42(43)48)44-37(32-16-6-4-7-17-32)21-14-22-38(44)33-18-8-5-9-19-33/h4-31H,1-3H3/q+1. The van der Waals surface area contributed by atoms with E-state index >= 15 is 0 Å². The molecule has 50 heavy (non-hydrogen) atoms. The molecule has 240 valence electrons. The van der Waals surface area contributed by atoms with Gasteiger partial charge in [-0.1, -0.05) is 130 Å². The quantitative estimate of drug-likeness (QED) is 0.171. The fraction of sp³-hybridized carbons (Fsp3) is 0.0870. The number of hydrogen-bond donors (Lipinski definition) is 0. The molecule has 0 atom stereocenters. The summed E-state index contributed by atoms with van der Waals surface area (Å²) in [5, 5.41) is 2.36. The van der Waals surface area contributed by atoms with Gasteiger partial charge in [-0.15, -0.1) is 0 Å².